The van der Waals surface area contributed by atoms with Gasteiger partial charge in [0.2, 0.25) is 0 Å². The first-order valence-corrected chi connectivity index (χ1v) is 24.5. The third-order valence-electron chi connectivity index (χ3n) is 13.8. The molecule has 0 radical (unpaired) electrons. The predicted octanol–water partition coefficient (Wildman–Crippen LogP) is 13.2. The van der Waals surface area contributed by atoms with E-state index in [4.69, 9.17) is 0 Å². The molecular formula is C58H52P2. The second kappa shape index (κ2) is 17.3. The van der Waals surface area contributed by atoms with Crippen LogP contribution in [0.3, 0.4) is 0 Å². The van der Waals surface area contributed by atoms with Crippen molar-refractivity contribution in [1.82, 2.24) is 0 Å². The van der Waals surface area contributed by atoms with Crippen LogP contribution in [-0.2, 0) is 10.3 Å². The van der Waals surface area contributed by atoms with E-state index in [2.05, 4.69) is 243 Å². The Balaban J connectivity index is 1.40. The summed E-state index contributed by atoms with van der Waals surface area (Å²) in [5.41, 5.74) is 5.76. The fourth-order valence-corrected chi connectivity index (χ4v) is 18.8. The molecule has 3 saturated carbocycles. The molecule has 60 heavy (non-hydrogen) atoms. The third kappa shape index (κ3) is 6.70. The highest BCUT2D eigenvalue weighted by atomic mass is 31.1. The molecule has 0 saturated heterocycles. The summed E-state index contributed by atoms with van der Waals surface area (Å²) >= 11 is 0. The van der Waals surface area contributed by atoms with Crippen LogP contribution in [-0.4, -0.2) is 0 Å². The van der Waals surface area contributed by atoms with Crippen molar-refractivity contribution in [3.05, 3.63) is 265 Å². The van der Waals surface area contributed by atoms with Crippen LogP contribution in [0.5, 0.6) is 0 Å². The molecule has 0 nitrogen and oxygen atoms in total. The minimum atomic E-state index is -1.02. The molecule has 0 amide bonds. The topological polar surface area (TPSA) is 0 Å². The number of fused-ring (bicyclic) bond motifs is 3. The van der Waals surface area contributed by atoms with E-state index in [1.54, 1.807) is 0 Å². The molecule has 11 rings (SSSR count). The Labute approximate surface area is 359 Å². The van der Waals surface area contributed by atoms with Gasteiger partial charge in [-0.2, -0.15) is 0 Å². The number of hydrogen-bond donors (Lipinski definition) is 0. The van der Waals surface area contributed by atoms with E-state index in [-0.39, 0.29) is 10.3 Å². The van der Waals surface area contributed by atoms with Crippen molar-refractivity contribution in [3.63, 3.8) is 0 Å². The smallest absolute Gasteiger partial charge is 0.0517 e. The summed E-state index contributed by atoms with van der Waals surface area (Å²) in [5, 5.41) is 4.99. The molecule has 0 unspecified atom stereocenters. The summed E-state index contributed by atoms with van der Waals surface area (Å²) in [7, 11) is -2.04. The lowest BCUT2D eigenvalue weighted by Gasteiger charge is -2.65. The van der Waals surface area contributed by atoms with E-state index in [1.165, 1.54) is 69.2 Å². The molecule has 0 spiro atoms. The summed E-state index contributed by atoms with van der Waals surface area (Å²) in [4.78, 5) is 0. The first-order chi connectivity index (χ1) is 29.8. The maximum atomic E-state index is 2.50. The average Bonchev–Trinajstić information content (AvgIpc) is 3.35. The SMILES string of the molecule is c1ccc(P(c2ccccc2)C(c2ccccc2)(c2ccccc2)[C@H]2C3CCC(CC3)[C@@H]2C(c2ccccc2)(c2ccccc2)P(c2ccccc2)c2ccccc2)cc1. The van der Waals surface area contributed by atoms with Crippen molar-refractivity contribution in [2.75, 3.05) is 0 Å². The van der Waals surface area contributed by atoms with E-state index >= 15 is 0 Å². The molecule has 3 fully saturated rings. The van der Waals surface area contributed by atoms with Crippen molar-refractivity contribution in [2.45, 2.75) is 36.0 Å². The molecule has 0 aromatic heterocycles. The Hall–Kier alpha value is -5.38. The monoisotopic (exact) mass is 810 g/mol. The molecule has 294 valence electrons. The maximum Gasteiger partial charge on any atom is 0.0517 e. The van der Waals surface area contributed by atoms with Gasteiger partial charge in [-0.3, -0.25) is 0 Å². The number of benzene rings is 8. The zero-order chi connectivity index (χ0) is 40.2. The van der Waals surface area contributed by atoms with Crippen LogP contribution < -0.4 is 21.2 Å². The summed E-state index contributed by atoms with van der Waals surface area (Å²) in [5.74, 6) is 1.62. The van der Waals surface area contributed by atoms with Crippen molar-refractivity contribution >= 4 is 37.1 Å². The second-order valence-corrected chi connectivity index (χ2v) is 21.6. The molecule has 2 atom stereocenters. The Morgan fingerprint density at radius 1 is 0.250 bits per heavy atom. The van der Waals surface area contributed by atoms with Crippen LogP contribution in [0.2, 0.25) is 0 Å². The van der Waals surface area contributed by atoms with Gasteiger partial charge in [-0.15, -0.1) is 0 Å². The molecule has 3 aliphatic carbocycles. The average molecular weight is 811 g/mol. The molecule has 8 aromatic carbocycles. The van der Waals surface area contributed by atoms with Gasteiger partial charge in [-0.25, -0.2) is 0 Å². The quantitative estimate of drug-likeness (QED) is 0.108. The van der Waals surface area contributed by atoms with E-state index in [1.807, 2.05) is 0 Å². The highest BCUT2D eigenvalue weighted by Gasteiger charge is 2.65. The van der Waals surface area contributed by atoms with Crippen LogP contribution in [0.15, 0.2) is 243 Å². The lowest BCUT2D eigenvalue weighted by atomic mass is 9.49. The van der Waals surface area contributed by atoms with Crippen molar-refractivity contribution < 1.29 is 0 Å². The fraction of sp³-hybridized carbons (Fsp3) is 0.172. The zero-order valence-electron chi connectivity index (χ0n) is 34.1. The summed E-state index contributed by atoms with van der Waals surface area (Å²) in [6.45, 7) is 0. The normalized spacial score (nSPS) is 19.0. The predicted molar refractivity (Wildman–Crippen MR) is 258 cm³/mol. The molecule has 0 N–H and O–H groups in total. The number of rotatable bonds is 12. The van der Waals surface area contributed by atoms with Gasteiger partial charge in [0.1, 0.15) is 0 Å². The molecular weight excluding hydrogens is 759 g/mol. The highest BCUT2D eigenvalue weighted by Crippen LogP contribution is 2.76. The maximum absolute atomic E-state index is 2.50. The van der Waals surface area contributed by atoms with Gasteiger partial charge >= 0.3 is 0 Å². The van der Waals surface area contributed by atoms with Crippen molar-refractivity contribution in [2.24, 2.45) is 23.7 Å². The standard InChI is InChI=1S/C58H52P2/c1-9-25-47(26-10-1)57(48-27-11-2-12-28-48,59(51-33-17-5-18-34-51)52-35-19-6-20-36-52)55-45-41-43-46(44-42-45)56(55)58(49-29-13-3-14-30-49,50-31-15-4-16-32-50)60(53-37-21-7-22-38-53)54-39-23-8-24-40-54/h1-40,45-46,55-56H,41-44H2/t45?,46?,55-,56-/m0/s1. The first-order valence-electron chi connectivity index (χ1n) is 21.8. The Morgan fingerprint density at radius 2 is 0.433 bits per heavy atom. The zero-order valence-corrected chi connectivity index (χ0v) is 35.9. The van der Waals surface area contributed by atoms with E-state index in [9.17, 15) is 0 Å². The minimum absolute atomic E-state index is 0.291. The van der Waals surface area contributed by atoms with Crippen LogP contribution in [0.1, 0.15) is 47.9 Å². The Kier molecular flexibility index (Phi) is 11.2. The first kappa shape index (κ1) is 38.8. The van der Waals surface area contributed by atoms with Crippen molar-refractivity contribution in [3.8, 4) is 0 Å². The van der Waals surface area contributed by atoms with Gasteiger partial charge in [-0.1, -0.05) is 243 Å². The van der Waals surface area contributed by atoms with E-state index < -0.39 is 15.8 Å². The molecule has 2 bridgehead atoms. The number of hydrogen-bond acceptors (Lipinski definition) is 0. The summed E-state index contributed by atoms with van der Waals surface area (Å²) in [6.07, 6.45) is 5.03. The van der Waals surface area contributed by atoms with Crippen LogP contribution in [0.25, 0.3) is 0 Å². The summed E-state index contributed by atoms with van der Waals surface area (Å²) < 4.78 is 0. The lowest BCUT2D eigenvalue weighted by molar-refractivity contribution is -0.0119. The van der Waals surface area contributed by atoms with Gasteiger partial charge in [0.15, 0.2) is 0 Å². The van der Waals surface area contributed by atoms with Gasteiger partial charge in [0.25, 0.3) is 0 Å². The van der Waals surface area contributed by atoms with E-state index in [0.717, 1.165) is 0 Å². The Morgan fingerprint density at radius 3 is 0.633 bits per heavy atom. The molecule has 0 aliphatic heterocycles. The summed E-state index contributed by atoms with van der Waals surface area (Å²) in [6, 6.07) is 93.9. The van der Waals surface area contributed by atoms with Crippen molar-refractivity contribution in [1.29, 1.82) is 0 Å². The van der Waals surface area contributed by atoms with Gasteiger partial charge in [0, 0.05) is 0 Å². The molecule has 3 aliphatic rings. The van der Waals surface area contributed by atoms with Gasteiger partial charge in [-0.05, 0) is 109 Å². The molecule has 2 heteroatoms. The highest BCUT2D eigenvalue weighted by molar-refractivity contribution is 7.74. The molecule has 0 heterocycles. The lowest BCUT2D eigenvalue weighted by Crippen LogP contribution is -2.59. The van der Waals surface area contributed by atoms with Crippen LogP contribution in [0, 0.1) is 23.7 Å². The van der Waals surface area contributed by atoms with Crippen LogP contribution in [0.4, 0.5) is 0 Å². The van der Waals surface area contributed by atoms with Gasteiger partial charge in [0.05, 0.1) is 10.3 Å². The Bertz CT molecular complexity index is 2200. The third-order valence-corrected chi connectivity index (χ3v) is 20.1. The van der Waals surface area contributed by atoms with E-state index in [0.29, 0.717) is 23.7 Å². The largest absolute Gasteiger partial charge is 0.0622 e. The second-order valence-electron chi connectivity index (χ2n) is 16.7. The van der Waals surface area contributed by atoms with Gasteiger partial charge < -0.3 is 0 Å². The fourth-order valence-electron chi connectivity index (χ4n) is 11.8. The minimum Gasteiger partial charge on any atom is -0.0622 e. The molecule has 8 aromatic rings. The van der Waals surface area contributed by atoms with Crippen LogP contribution >= 0.6 is 15.8 Å².